The van der Waals surface area contributed by atoms with Crippen LogP contribution in [0.25, 0.3) is 70.6 Å². The van der Waals surface area contributed by atoms with Crippen molar-refractivity contribution >= 4 is 111 Å². The lowest BCUT2D eigenvalue weighted by atomic mass is 10.0. The van der Waals surface area contributed by atoms with Gasteiger partial charge in [-0.05, 0) is 177 Å². The van der Waals surface area contributed by atoms with Crippen molar-refractivity contribution in [3.63, 3.8) is 0 Å². The second-order valence-electron chi connectivity index (χ2n) is 30.5. The molecule has 0 fully saturated rings. The number of nitriles is 1. The zero-order valence-electron chi connectivity index (χ0n) is 71.1. The van der Waals surface area contributed by atoms with Gasteiger partial charge in [0.1, 0.15) is 17.1 Å². The maximum atomic E-state index is 12.8. The topological polar surface area (TPSA) is 283 Å². The lowest BCUT2D eigenvalue weighted by Gasteiger charge is -2.08. The molecule has 9 heterocycles. The number of hydrogen-bond donors (Lipinski definition) is 3. The van der Waals surface area contributed by atoms with E-state index in [1.54, 1.807) is 127 Å². The maximum Gasteiger partial charge on any atom is 0.433 e. The number of para-hydroxylation sites is 5. The summed E-state index contributed by atoms with van der Waals surface area (Å²) in [5, 5.41) is 48.0. The standard InChI is InChI=1S/C24H16F3N3O.C22H15BrF3N3O.C19H13F3N6O.C19H13F3N2O.C15H10F3N5/c1-28-20-8-4-2-7-19(20)23(31)14-21-18-6-3-5-9-22(18)30(29-21)15-16-10-12-17(13-11-16)24(25,26)27;23-18-7-3-1-5-16(18)21(30)27-20-17-6-2-4-8-19(17)29(28-20)13-14-9-11-15(12-10-14)22(24,25)26;20-19(21,22)16-8-7-12(10-23-16)11-28-15-6-2-1-4-13(15)17(27-28)25-18(29)14-5-3-9-24-26-14;20-19(21,22)15-7-5-13(6-8-15)11-24-17-4-2-1-3-16(17)18(23-24)14-9-10-25-12-14;16-15(17,18)13-4-2-10(7-21-13)8-23-12-3-1-9(6-19)5-11(12)14(20)22-23/h2-13H,14-15H2;1-12H,13H2,(H,27,28,30);1-10H,11H2,(H,25,27,29);1-10,12H,11H2;1-5,7H,8H2,(H2,20,22). The van der Waals surface area contributed by atoms with Crippen LogP contribution in [-0.4, -0.2) is 86.7 Å². The molecule has 0 bridgehead atoms. The number of nitrogen functional groups attached to an aromatic ring is 1. The predicted molar refractivity (Wildman–Crippen MR) is 487 cm³/mol. The lowest BCUT2D eigenvalue weighted by Crippen LogP contribution is -2.15. The maximum absolute atomic E-state index is 12.8. The highest BCUT2D eigenvalue weighted by Crippen LogP contribution is 2.38. The summed E-state index contributed by atoms with van der Waals surface area (Å²) < 4.78 is 205. The first kappa shape index (κ1) is 95.6. The summed E-state index contributed by atoms with van der Waals surface area (Å²) in [4.78, 5) is 48.2. The minimum absolute atomic E-state index is 0.0209. The van der Waals surface area contributed by atoms with Gasteiger partial charge in [0.15, 0.2) is 34.6 Å². The summed E-state index contributed by atoms with van der Waals surface area (Å²) in [5.41, 5.74) is 12.9. The number of ketones is 1. The SMILES string of the molecule is FC(F)(F)c1ccc(Cn2nc(-c3ccoc3)c3ccccc32)cc1.N#Cc1ccc2c(c1)c(N)nn2Cc1ccc(C(F)(F)F)nc1.O=C(Nc1nn(Cc2ccc(C(F)(F)F)cc2)c2ccccc12)c1ccccc1Br.O=C(Nc1nn(Cc2ccc(C(F)(F)F)nc2)c2ccccc12)c1cccnn1.[C-]#[N+]c1ccccc1C(=O)Cc1nn(Cc2ccc(C(F)(F)F)cc2)c2ccccc12. The molecule has 2 amide bonds. The number of rotatable bonds is 18. The van der Waals surface area contributed by atoms with Crippen molar-refractivity contribution in [2.45, 2.75) is 70.0 Å². The second kappa shape index (κ2) is 40.9. The Labute approximate surface area is 779 Å². The molecule has 0 spiro atoms. The van der Waals surface area contributed by atoms with Gasteiger partial charge in [0.25, 0.3) is 11.8 Å². The van der Waals surface area contributed by atoms with Crippen molar-refractivity contribution in [2.75, 3.05) is 16.4 Å². The number of nitrogens with one attached hydrogen (secondary N) is 2. The molecular formula is C99H67BrF15N19O4. The number of nitrogens with zero attached hydrogens (tertiary/aromatic N) is 16. The van der Waals surface area contributed by atoms with E-state index in [1.165, 1.54) is 60.8 Å². The third kappa shape index (κ3) is 22.9. The highest BCUT2D eigenvalue weighted by atomic mass is 79.9. The summed E-state index contributed by atoms with van der Waals surface area (Å²) in [6.45, 7) is 8.59. The van der Waals surface area contributed by atoms with E-state index >= 15 is 0 Å². The molecule has 0 saturated heterocycles. The molecule has 19 rings (SSSR count). The smallest absolute Gasteiger partial charge is 0.433 e. The van der Waals surface area contributed by atoms with Gasteiger partial charge in [-0.1, -0.05) is 146 Å². The van der Waals surface area contributed by atoms with E-state index in [2.05, 4.69) is 77.1 Å². The summed E-state index contributed by atoms with van der Waals surface area (Å²) in [6, 6.07) is 74.9. The van der Waals surface area contributed by atoms with Crippen LogP contribution < -0.4 is 16.4 Å². The highest BCUT2D eigenvalue weighted by Gasteiger charge is 2.36. The van der Waals surface area contributed by atoms with Crippen LogP contribution in [0.2, 0.25) is 0 Å². The number of halogens is 16. The number of carbonyl (C=O) groups excluding carboxylic acids is 3. The number of Topliss-reactive ketones (excluding diaryl/α,β-unsaturated/α-hetero) is 1. The molecule has 0 radical (unpaired) electrons. The van der Waals surface area contributed by atoms with E-state index in [0.29, 0.717) is 94.8 Å². The number of hydrogen-bond acceptors (Lipinski definition) is 15. The Balaban J connectivity index is 0.000000131. The third-order valence-corrected chi connectivity index (χ3v) is 21.9. The van der Waals surface area contributed by atoms with E-state index in [1.807, 2.05) is 91.0 Å². The molecule has 0 atom stereocenters. The van der Waals surface area contributed by atoms with Crippen LogP contribution in [0.4, 0.5) is 89.0 Å². The molecule has 39 heteroatoms. The van der Waals surface area contributed by atoms with Gasteiger partial charge in [0.2, 0.25) is 0 Å². The monoisotopic (exact) mass is 1950 g/mol. The normalized spacial score (nSPS) is 11.6. The Bertz CT molecular complexity index is 7680. The van der Waals surface area contributed by atoms with E-state index in [0.717, 1.165) is 110 Å². The van der Waals surface area contributed by atoms with Crippen LogP contribution in [0.5, 0.6) is 0 Å². The first-order chi connectivity index (χ1) is 66.0. The molecule has 0 unspecified atom stereocenters. The minimum atomic E-state index is -4.49. The summed E-state index contributed by atoms with van der Waals surface area (Å²) >= 11 is 3.36. The first-order valence-electron chi connectivity index (χ1n) is 41.2. The zero-order chi connectivity index (χ0) is 97.8. The predicted octanol–water partition coefficient (Wildman–Crippen LogP) is 24.1. The van der Waals surface area contributed by atoms with Crippen molar-refractivity contribution < 1.29 is 84.7 Å². The van der Waals surface area contributed by atoms with Gasteiger partial charge >= 0.3 is 30.9 Å². The number of alkyl halides is 15. The fraction of sp³-hybridized carbons (Fsp3) is 0.111. The third-order valence-electron chi connectivity index (χ3n) is 21.2. The molecule has 0 aliphatic rings. The zero-order valence-corrected chi connectivity index (χ0v) is 72.7. The molecule has 0 aliphatic carbocycles. The van der Waals surface area contributed by atoms with Gasteiger partial charge in [-0.25, -0.2) is 4.85 Å². The Morgan fingerprint density at radius 2 is 0.848 bits per heavy atom. The Morgan fingerprint density at radius 3 is 1.30 bits per heavy atom. The summed E-state index contributed by atoms with van der Waals surface area (Å²) in [7, 11) is 0. The molecule has 0 saturated carbocycles. The van der Waals surface area contributed by atoms with E-state index in [-0.39, 0.29) is 55.8 Å². The largest absolute Gasteiger partial charge is 0.472 e. The molecule has 19 aromatic rings. The van der Waals surface area contributed by atoms with Crippen molar-refractivity contribution in [2.24, 2.45) is 0 Å². The van der Waals surface area contributed by atoms with Crippen molar-refractivity contribution in [1.82, 2.24) is 69.1 Å². The number of carbonyl (C=O) groups is 3. The van der Waals surface area contributed by atoms with Gasteiger partial charge in [-0.15, -0.1) is 5.10 Å². The fourth-order valence-electron chi connectivity index (χ4n) is 14.5. The molecule has 10 aromatic carbocycles. The molecule has 23 nitrogen and oxygen atoms in total. The highest BCUT2D eigenvalue weighted by molar-refractivity contribution is 9.10. The second-order valence-corrected chi connectivity index (χ2v) is 31.4. The van der Waals surface area contributed by atoms with E-state index < -0.39 is 64.9 Å². The molecular weight excluding hydrogens is 1880 g/mol. The van der Waals surface area contributed by atoms with Crippen molar-refractivity contribution in [1.29, 1.82) is 5.26 Å². The number of nitrogens with two attached hydrogens (primary N) is 1. The number of amides is 2. The van der Waals surface area contributed by atoms with Gasteiger partial charge in [-0.3, -0.25) is 47.8 Å². The van der Waals surface area contributed by atoms with Crippen LogP contribution in [0, 0.1) is 17.9 Å². The molecule has 694 valence electrons. The Hall–Kier alpha value is -17.0. The van der Waals surface area contributed by atoms with Crippen LogP contribution in [-0.2, 0) is 70.0 Å². The van der Waals surface area contributed by atoms with Crippen LogP contribution in [0.3, 0.4) is 0 Å². The fourth-order valence-corrected chi connectivity index (χ4v) is 14.9. The molecule has 0 aliphatic heterocycles. The number of pyridine rings is 2. The molecule has 9 aromatic heterocycles. The molecule has 4 N–H and O–H groups in total. The van der Waals surface area contributed by atoms with Crippen LogP contribution >= 0.6 is 15.9 Å². The first-order valence-corrected chi connectivity index (χ1v) is 42.0. The molecule has 138 heavy (non-hydrogen) atoms. The summed E-state index contributed by atoms with van der Waals surface area (Å²) in [6.07, 6.45) is -15.0. The number of benzene rings is 10. The van der Waals surface area contributed by atoms with Crippen LogP contribution in [0.1, 0.15) is 98.4 Å². The average Bonchev–Trinajstić information content (AvgIpc) is 1.63. The van der Waals surface area contributed by atoms with Crippen LogP contribution in [0.15, 0.2) is 319 Å². The van der Waals surface area contributed by atoms with Gasteiger partial charge in [-0.2, -0.15) is 102 Å². The number of aromatic nitrogens is 14. The number of anilines is 3. The van der Waals surface area contributed by atoms with Gasteiger partial charge in [0.05, 0.1) is 125 Å². The van der Waals surface area contributed by atoms with Crippen molar-refractivity contribution in [3.8, 4) is 17.3 Å². The van der Waals surface area contributed by atoms with Gasteiger partial charge in [0, 0.05) is 61.1 Å². The minimum Gasteiger partial charge on any atom is -0.472 e. The summed E-state index contributed by atoms with van der Waals surface area (Å²) in [5.74, 6) is -0.0278. The van der Waals surface area contributed by atoms with E-state index in [9.17, 15) is 80.2 Å². The lowest BCUT2D eigenvalue weighted by molar-refractivity contribution is -0.142. The Kier molecular flexibility index (Phi) is 28.3. The number of fused-ring (bicyclic) bond motifs is 5. The number of furan rings is 1. The van der Waals surface area contributed by atoms with Crippen molar-refractivity contribution in [3.05, 3.63) is 410 Å². The average molecular weight is 1950 g/mol. The quantitative estimate of drug-likeness (QED) is 0.0409. The van der Waals surface area contributed by atoms with E-state index in [4.69, 9.17) is 22.0 Å². The van der Waals surface area contributed by atoms with Gasteiger partial charge < -0.3 is 20.8 Å². The Morgan fingerprint density at radius 1 is 0.428 bits per heavy atom.